The van der Waals surface area contributed by atoms with Gasteiger partial charge >= 0.3 is 0 Å². The largest absolute Gasteiger partial charge is 0.353 e. The SMILES string of the molecule is CC(=O)Nc1ccc(SC(C)C(=O)N2CCCC(C(=O)NC3CC3)C2)cc1. The molecule has 1 aliphatic heterocycles. The number of amides is 3. The number of likely N-dealkylation sites (tertiary alicyclic amines) is 1. The summed E-state index contributed by atoms with van der Waals surface area (Å²) >= 11 is 1.50. The van der Waals surface area contributed by atoms with Crippen LogP contribution in [0.3, 0.4) is 0 Å². The molecule has 7 heteroatoms. The molecule has 2 fully saturated rings. The fourth-order valence-electron chi connectivity index (χ4n) is 3.27. The van der Waals surface area contributed by atoms with Crippen molar-refractivity contribution in [1.29, 1.82) is 0 Å². The normalized spacial score (nSPS) is 20.7. The van der Waals surface area contributed by atoms with E-state index in [0.717, 1.165) is 42.8 Å². The van der Waals surface area contributed by atoms with Crippen LogP contribution in [-0.2, 0) is 14.4 Å². The van der Waals surface area contributed by atoms with Gasteiger partial charge in [-0.25, -0.2) is 0 Å². The lowest BCUT2D eigenvalue weighted by Crippen LogP contribution is -2.47. The fraction of sp³-hybridized carbons (Fsp3) is 0.550. The third-order valence-electron chi connectivity index (χ3n) is 4.86. The molecule has 2 aliphatic rings. The van der Waals surface area contributed by atoms with Crippen LogP contribution in [0, 0.1) is 5.92 Å². The van der Waals surface area contributed by atoms with Crippen LogP contribution in [0.1, 0.15) is 39.5 Å². The Morgan fingerprint density at radius 1 is 1.15 bits per heavy atom. The maximum absolute atomic E-state index is 12.8. The van der Waals surface area contributed by atoms with E-state index < -0.39 is 0 Å². The van der Waals surface area contributed by atoms with Crippen molar-refractivity contribution in [2.75, 3.05) is 18.4 Å². The number of carbonyl (C=O) groups excluding carboxylic acids is 3. The van der Waals surface area contributed by atoms with Crippen LogP contribution in [0.15, 0.2) is 29.2 Å². The Balaban J connectivity index is 1.52. The lowest BCUT2D eigenvalue weighted by atomic mass is 9.97. The summed E-state index contributed by atoms with van der Waals surface area (Å²) in [5, 5.41) is 5.57. The molecule has 0 bridgehead atoms. The Morgan fingerprint density at radius 3 is 2.48 bits per heavy atom. The van der Waals surface area contributed by atoms with Gasteiger partial charge in [-0.05, 0) is 56.9 Å². The molecule has 0 spiro atoms. The number of rotatable bonds is 6. The molecular formula is C20H27N3O3S. The summed E-state index contributed by atoms with van der Waals surface area (Å²) in [7, 11) is 0. The average molecular weight is 390 g/mol. The number of benzene rings is 1. The summed E-state index contributed by atoms with van der Waals surface area (Å²) in [4.78, 5) is 39.0. The second-order valence-corrected chi connectivity index (χ2v) is 8.79. The zero-order valence-corrected chi connectivity index (χ0v) is 16.7. The molecule has 3 rings (SSSR count). The van der Waals surface area contributed by atoms with Crippen molar-refractivity contribution >= 4 is 35.2 Å². The highest BCUT2D eigenvalue weighted by Crippen LogP contribution is 2.28. The van der Waals surface area contributed by atoms with E-state index in [9.17, 15) is 14.4 Å². The van der Waals surface area contributed by atoms with Crippen molar-refractivity contribution in [1.82, 2.24) is 10.2 Å². The highest BCUT2D eigenvalue weighted by atomic mass is 32.2. The van der Waals surface area contributed by atoms with Gasteiger partial charge in [-0.1, -0.05) is 0 Å². The first-order valence-electron chi connectivity index (χ1n) is 9.56. The molecule has 0 aromatic heterocycles. The zero-order chi connectivity index (χ0) is 19.4. The Bertz CT molecular complexity index is 703. The first-order valence-corrected chi connectivity index (χ1v) is 10.4. The summed E-state index contributed by atoms with van der Waals surface area (Å²) in [5.41, 5.74) is 0.742. The van der Waals surface area contributed by atoms with Crippen molar-refractivity contribution in [2.24, 2.45) is 5.92 Å². The van der Waals surface area contributed by atoms with Crippen LogP contribution >= 0.6 is 11.8 Å². The van der Waals surface area contributed by atoms with Crippen molar-refractivity contribution in [3.05, 3.63) is 24.3 Å². The van der Waals surface area contributed by atoms with Gasteiger partial charge in [-0.15, -0.1) is 11.8 Å². The van der Waals surface area contributed by atoms with Gasteiger partial charge in [0.05, 0.1) is 11.2 Å². The standard InChI is InChI=1S/C20H27N3O3S/c1-13(27-18-9-7-16(8-10-18)21-14(2)24)20(26)23-11-3-4-15(12-23)19(25)22-17-5-6-17/h7-10,13,15,17H,3-6,11-12H2,1-2H3,(H,21,24)(H,22,25). The number of hydrogen-bond acceptors (Lipinski definition) is 4. The number of nitrogens with one attached hydrogen (secondary N) is 2. The summed E-state index contributed by atoms with van der Waals surface area (Å²) < 4.78 is 0. The summed E-state index contributed by atoms with van der Waals surface area (Å²) in [6.07, 6.45) is 3.89. The van der Waals surface area contributed by atoms with Gasteiger partial charge < -0.3 is 15.5 Å². The van der Waals surface area contributed by atoms with Crippen molar-refractivity contribution in [3.63, 3.8) is 0 Å². The minimum Gasteiger partial charge on any atom is -0.353 e. The van der Waals surface area contributed by atoms with Crippen molar-refractivity contribution in [2.45, 2.75) is 55.7 Å². The van der Waals surface area contributed by atoms with Crippen molar-refractivity contribution in [3.8, 4) is 0 Å². The minimum absolute atomic E-state index is 0.0786. The van der Waals surface area contributed by atoms with Crippen LogP contribution in [0.25, 0.3) is 0 Å². The molecule has 1 heterocycles. The number of piperidine rings is 1. The molecule has 2 unspecified atom stereocenters. The van der Waals surface area contributed by atoms with Gasteiger partial charge in [0.2, 0.25) is 17.7 Å². The quantitative estimate of drug-likeness (QED) is 0.733. The predicted octanol–water partition coefficient (Wildman–Crippen LogP) is 2.64. The number of thioether (sulfide) groups is 1. The van der Waals surface area contributed by atoms with E-state index in [1.54, 1.807) is 0 Å². The van der Waals surface area contributed by atoms with Gasteiger partial charge in [0.25, 0.3) is 0 Å². The van der Waals surface area contributed by atoms with Crippen LogP contribution in [0.5, 0.6) is 0 Å². The van der Waals surface area contributed by atoms with E-state index in [4.69, 9.17) is 0 Å². The molecule has 1 aromatic rings. The van der Waals surface area contributed by atoms with E-state index >= 15 is 0 Å². The van der Waals surface area contributed by atoms with E-state index in [1.807, 2.05) is 36.1 Å². The molecule has 2 N–H and O–H groups in total. The number of carbonyl (C=O) groups is 3. The van der Waals surface area contributed by atoms with Crippen LogP contribution in [-0.4, -0.2) is 47.0 Å². The third-order valence-corrected chi connectivity index (χ3v) is 5.96. The molecule has 2 atom stereocenters. The highest BCUT2D eigenvalue weighted by Gasteiger charge is 2.33. The minimum atomic E-state index is -0.221. The topological polar surface area (TPSA) is 78.5 Å². The van der Waals surface area contributed by atoms with Gasteiger partial charge in [0.15, 0.2) is 0 Å². The second-order valence-electron chi connectivity index (χ2n) is 7.37. The lowest BCUT2D eigenvalue weighted by Gasteiger charge is -2.33. The van der Waals surface area contributed by atoms with E-state index in [-0.39, 0.29) is 28.9 Å². The molecule has 1 saturated carbocycles. The van der Waals surface area contributed by atoms with Gasteiger partial charge in [-0.3, -0.25) is 14.4 Å². The number of anilines is 1. The molecule has 6 nitrogen and oxygen atoms in total. The Kier molecular flexibility index (Phi) is 6.42. The Labute approximate surface area is 164 Å². The van der Waals surface area contributed by atoms with Crippen LogP contribution in [0.2, 0.25) is 0 Å². The first kappa shape index (κ1) is 19.7. The molecule has 0 radical (unpaired) electrons. The summed E-state index contributed by atoms with van der Waals surface area (Å²) in [5.74, 6) is -0.0134. The maximum atomic E-state index is 12.8. The van der Waals surface area contributed by atoms with Crippen LogP contribution in [0.4, 0.5) is 5.69 Å². The van der Waals surface area contributed by atoms with Crippen LogP contribution < -0.4 is 10.6 Å². The van der Waals surface area contributed by atoms with E-state index in [1.165, 1.54) is 18.7 Å². The summed E-state index contributed by atoms with van der Waals surface area (Å²) in [6.45, 7) is 4.62. The molecule has 1 aromatic carbocycles. The Hall–Kier alpha value is -2.02. The average Bonchev–Trinajstić information content (AvgIpc) is 3.46. The highest BCUT2D eigenvalue weighted by molar-refractivity contribution is 8.00. The molecule has 27 heavy (non-hydrogen) atoms. The second kappa shape index (κ2) is 8.78. The van der Waals surface area contributed by atoms with E-state index in [0.29, 0.717) is 12.6 Å². The van der Waals surface area contributed by atoms with Gasteiger partial charge in [0, 0.05) is 36.6 Å². The lowest BCUT2D eigenvalue weighted by molar-refractivity contribution is -0.135. The number of nitrogens with zero attached hydrogens (tertiary/aromatic N) is 1. The van der Waals surface area contributed by atoms with Crippen molar-refractivity contribution < 1.29 is 14.4 Å². The smallest absolute Gasteiger partial charge is 0.235 e. The van der Waals surface area contributed by atoms with Gasteiger partial charge in [0.1, 0.15) is 0 Å². The molecule has 1 aliphatic carbocycles. The summed E-state index contributed by atoms with van der Waals surface area (Å²) in [6, 6.07) is 7.84. The Morgan fingerprint density at radius 2 is 1.85 bits per heavy atom. The van der Waals surface area contributed by atoms with Gasteiger partial charge in [-0.2, -0.15) is 0 Å². The van der Waals surface area contributed by atoms with E-state index in [2.05, 4.69) is 10.6 Å². The molecule has 1 saturated heterocycles. The molecular weight excluding hydrogens is 362 g/mol. The third kappa shape index (κ3) is 5.73. The number of hydrogen-bond donors (Lipinski definition) is 2. The zero-order valence-electron chi connectivity index (χ0n) is 15.9. The fourth-order valence-corrected chi connectivity index (χ4v) is 4.22. The first-order chi connectivity index (χ1) is 12.9. The monoisotopic (exact) mass is 389 g/mol. The molecule has 146 valence electrons. The predicted molar refractivity (Wildman–Crippen MR) is 107 cm³/mol. The maximum Gasteiger partial charge on any atom is 0.235 e. The molecule has 3 amide bonds.